The number of benzene rings is 1. The van der Waals surface area contributed by atoms with Gasteiger partial charge in [0.1, 0.15) is 0 Å². The molecule has 1 saturated carbocycles. The monoisotopic (exact) mass is 272 g/mol. The number of amides is 1. The van der Waals surface area contributed by atoms with Crippen LogP contribution >= 0.6 is 0 Å². The van der Waals surface area contributed by atoms with E-state index in [1.54, 1.807) is 6.20 Å². The lowest BCUT2D eigenvalue weighted by molar-refractivity contribution is -0.141. The number of para-hydroxylation sites is 1. The molecule has 104 valence electrons. The Hall–Kier alpha value is -2.30. The molecular formula is C15H16N2O3. The van der Waals surface area contributed by atoms with Crippen LogP contribution in [0.25, 0.3) is 10.9 Å². The molecular weight excluding hydrogens is 256 g/mol. The highest BCUT2D eigenvalue weighted by Crippen LogP contribution is 2.26. The Bertz CT molecular complexity index is 662. The number of carboxylic acid groups (broad SMARTS) is 1. The Labute approximate surface area is 116 Å². The molecule has 1 heterocycles. The predicted octanol–water partition coefficient (Wildman–Crippen LogP) is 2.15. The van der Waals surface area contributed by atoms with Crippen molar-refractivity contribution in [3.8, 4) is 0 Å². The first-order valence-corrected chi connectivity index (χ1v) is 6.75. The van der Waals surface area contributed by atoms with Gasteiger partial charge in [-0.15, -0.1) is 0 Å². The molecule has 1 aliphatic rings. The van der Waals surface area contributed by atoms with Crippen LogP contribution in [-0.4, -0.2) is 28.0 Å². The summed E-state index contributed by atoms with van der Waals surface area (Å²) < 4.78 is 0. The van der Waals surface area contributed by atoms with Crippen LogP contribution in [0.4, 0.5) is 0 Å². The zero-order chi connectivity index (χ0) is 14.1. The van der Waals surface area contributed by atoms with Crippen LogP contribution in [0.2, 0.25) is 0 Å². The molecule has 3 N–H and O–H groups in total. The van der Waals surface area contributed by atoms with Gasteiger partial charge in [-0.3, -0.25) is 9.59 Å². The molecule has 0 unspecified atom stereocenters. The first kappa shape index (κ1) is 12.7. The molecule has 1 aromatic heterocycles. The minimum atomic E-state index is -0.770. The summed E-state index contributed by atoms with van der Waals surface area (Å²) in [6.45, 7) is 0. The van der Waals surface area contributed by atoms with Crippen LogP contribution in [0.1, 0.15) is 29.6 Å². The number of hydrogen-bond acceptors (Lipinski definition) is 2. The molecule has 0 spiro atoms. The van der Waals surface area contributed by atoms with E-state index in [4.69, 9.17) is 5.11 Å². The normalized spacial score (nSPS) is 22.0. The van der Waals surface area contributed by atoms with Gasteiger partial charge in [-0.2, -0.15) is 0 Å². The smallest absolute Gasteiger partial charge is 0.306 e. The van der Waals surface area contributed by atoms with Gasteiger partial charge in [0.2, 0.25) is 0 Å². The van der Waals surface area contributed by atoms with E-state index in [1.165, 1.54) is 0 Å². The highest BCUT2D eigenvalue weighted by atomic mass is 16.4. The van der Waals surface area contributed by atoms with Crippen molar-refractivity contribution in [1.29, 1.82) is 0 Å². The molecule has 1 amide bonds. The highest BCUT2D eigenvalue weighted by molar-refractivity contribution is 6.06. The van der Waals surface area contributed by atoms with Gasteiger partial charge in [0, 0.05) is 23.1 Å². The molecule has 5 nitrogen and oxygen atoms in total. The van der Waals surface area contributed by atoms with E-state index in [0.29, 0.717) is 18.4 Å². The molecule has 2 aromatic rings. The van der Waals surface area contributed by atoms with Crippen molar-refractivity contribution in [2.45, 2.75) is 25.3 Å². The minimum absolute atomic E-state index is 0.0442. The van der Waals surface area contributed by atoms with Crippen LogP contribution in [0, 0.1) is 5.92 Å². The Balaban J connectivity index is 1.73. The van der Waals surface area contributed by atoms with E-state index in [9.17, 15) is 9.59 Å². The Morgan fingerprint density at radius 3 is 2.80 bits per heavy atom. The van der Waals surface area contributed by atoms with Gasteiger partial charge in [-0.1, -0.05) is 18.2 Å². The summed E-state index contributed by atoms with van der Waals surface area (Å²) in [4.78, 5) is 26.3. The standard InChI is InChI=1S/C15H16N2O3/c18-14(17-10-6-5-9(7-10)15(19)20)12-8-16-13-4-2-1-3-11(12)13/h1-4,8-10,16H,5-7H2,(H,17,18)(H,19,20)/t9-,10+/m1/s1. The molecule has 0 bridgehead atoms. The van der Waals surface area contributed by atoms with Crippen molar-refractivity contribution in [1.82, 2.24) is 10.3 Å². The van der Waals surface area contributed by atoms with Gasteiger partial charge < -0.3 is 15.4 Å². The SMILES string of the molecule is O=C(N[C@H]1CC[C@@H](C(=O)O)C1)c1c[nH]c2ccccc12. The van der Waals surface area contributed by atoms with Gasteiger partial charge in [0.15, 0.2) is 0 Å². The fourth-order valence-electron chi connectivity index (χ4n) is 2.86. The quantitative estimate of drug-likeness (QED) is 0.800. The van der Waals surface area contributed by atoms with Crippen LogP contribution in [-0.2, 0) is 4.79 Å². The van der Waals surface area contributed by atoms with E-state index < -0.39 is 5.97 Å². The van der Waals surface area contributed by atoms with E-state index in [-0.39, 0.29) is 17.9 Å². The highest BCUT2D eigenvalue weighted by Gasteiger charge is 2.30. The van der Waals surface area contributed by atoms with Gasteiger partial charge >= 0.3 is 5.97 Å². The second-order valence-electron chi connectivity index (χ2n) is 5.27. The van der Waals surface area contributed by atoms with Crippen LogP contribution in [0.5, 0.6) is 0 Å². The lowest BCUT2D eigenvalue weighted by atomic mass is 10.1. The second kappa shape index (κ2) is 5.00. The number of fused-ring (bicyclic) bond motifs is 1. The van der Waals surface area contributed by atoms with Gasteiger partial charge in [0.05, 0.1) is 11.5 Å². The zero-order valence-electron chi connectivity index (χ0n) is 10.9. The Kier molecular flexibility index (Phi) is 3.18. The fourth-order valence-corrected chi connectivity index (χ4v) is 2.86. The van der Waals surface area contributed by atoms with Crippen molar-refractivity contribution in [3.63, 3.8) is 0 Å². The number of carboxylic acids is 1. The molecule has 1 fully saturated rings. The van der Waals surface area contributed by atoms with Gasteiger partial charge in [0.25, 0.3) is 5.91 Å². The van der Waals surface area contributed by atoms with Crippen molar-refractivity contribution in [3.05, 3.63) is 36.0 Å². The zero-order valence-corrected chi connectivity index (χ0v) is 10.9. The van der Waals surface area contributed by atoms with E-state index >= 15 is 0 Å². The maximum atomic E-state index is 12.3. The predicted molar refractivity (Wildman–Crippen MR) is 74.5 cm³/mol. The third-order valence-electron chi connectivity index (χ3n) is 3.95. The largest absolute Gasteiger partial charge is 0.481 e. The van der Waals surface area contributed by atoms with E-state index in [0.717, 1.165) is 17.3 Å². The number of carbonyl (C=O) groups is 2. The minimum Gasteiger partial charge on any atom is -0.481 e. The maximum absolute atomic E-state index is 12.3. The second-order valence-corrected chi connectivity index (χ2v) is 5.27. The summed E-state index contributed by atoms with van der Waals surface area (Å²) in [5.41, 5.74) is 1.53. The van der Waals surface area contributed by atoms with Crippen LogP contribution in [0.15, 0.2) is 30.5 Å². The Morgan fingerprint density at radius 2 is 2.05 bits per heavy atom. The molecule has 0 aliphatic heterocycles. The van der Waals surface area contributed by atoms with Crippen molar-refractivity contribution in [2.75, 3.05) is 0 Å². The molecule has 0 radical (unpaired) electrons. The average Bonchev–Trinajstić information content (AvgIpc) is 3.04. The summed E-state index contributed by atoms with van der Waals surface area (Å²) in [5.74, 6) is -1.24. The molecule has 1 aromatic carbocycles. The lowest BCUT2D eigenvalue weighted by Gasteiger charge is -2.11. The first-order valence-electron chi connectivity index (χ1n) is 6.75. The molecule has 1 aliphatic carbocycles. The van der Waals surface area contributed by atoms with Crippen molar-refractivity contribution < 1.29 is 14.7 Å². The molecule has 20 heavy (non-hydrogen) atoms. The summed E-state index contributed by atoms with van der Waals surface area (Å²) in [6.07, 6.45) is 3.58. The van der Waals surface area contributed by atoms with E-state index in [2.05, 4.69) is 10.3 Å². The molecule has 3 rings (SSSR count). The number of carbonyl (C=O) groups excluding carboxylic acids is 1. The maximum Gasteiger partial charge on any atom is 0.306 e. The molecule has 5 heteroatoms. The van der Waals surface area contributed by atoms with Crippen molar-refractivity contribution >= 4 is 22.8 Å². The van der Waals surface area contributed by atoms with Crippen LogP contribution < -0.4 is 5.32 Å². The number of aliphatic carboxylic acids is 1. The van der Waals surface area contributed by atoms with Gasteiger partial charge in [-0.25, -0.2) is 0 Å². The summed E-state index contributed by atoms with van der Waals surface area (Å²) >= 11 is 0. The number of nitrogens with one attached hydrogen (secondary N) is 2. The summed E-state index contributed by atoms with van der Waals surface area (Å²) in [6, 6.07) is 7.58. The third kappa shape index (κ3) is 2.27. The summed E-state index contributed by atoms with van der Waals surface area (Å²) in [7, 11) is 0. The van der Waals surface area contributed by atoms with Crippen LogP contribution in [0.3, 0.4) is 0 Å². The topological polar surface area (TPSA) is 82.2 Å². The molecule has 2 atom stereocenters. The third-order valence-corrected chi connectivity index (χ3v) is 3.95. The number of H-pyrrole nitrogens is 1. The number of hydrogen-bond donors (Lipinski definition) is 3. The first-order chi connectivity index (χ1) is 9.65. The summed E-state index contributed by atoms with van der Waals surface area (Å²) in [5, 5.41) is 12.8. The number of aromatic amines is 1. The van der Waals surface area contributed by atoms with E-state index in [1.807, 2.05) is 24.3 Å². The molecule has 0 saturated heterocycles. The lowest BCUT2D eigenvalue weighted by Crippen LogP contribution is -2.33. The number of rotatable bonds is 3. The van der Waals surface area contributed by atoms with Crippen molar-refractivity contribution in [2.24, 2.45) is 5.92 Å². The Morgan fingerprint density at radius 1 is 1.25 bits per heavy atom. The fraction of sp³-hybridized carbons (Fsp3) is 0.333. The number of aromatic nitrogens is 1. The van der Waals surface area contributed by atoms with Gasteiger partial charge in [-0.05, 0) is 25.3 Å². The average molecular weight is 272 g/mol.